The maximum Gasteiger partial charge on any atom is 0.338 e. The number of aromatic nitrogens is 3. The summed E-state index contributed by atoms with van der Waals surface area (Å²) in [6, 6.07) is 7.32. The van der Waals surface area contributed by atoms with Gasteiger partial charge in [-0.05, 0) is 44.9 Å². The van der Waals surface area contributed by atoms with Crippen molar-refractivity contribution < 1.29 is 14.3 Å². The van der Waals surface area contributed by atoms with Crippen LogP contribution in [-0.2, 0) is 9.53 Å². The van der Waals surface area contributed by atoms with Gasteiger partial charge in [0.25, 0.3) is 0 Å². The first-order chi connectivity index (χ1) is 14.1. The van der Waals surface area contributed by atoms with E-state index in [9.17, 15) is 4.79 Å². The Kier molecular flexibility index (Phi) is 7.19. The van der Waals surface area contributed by atoms with Crippen LogP contribution in [0, 0.1) is 0 Å². The van der Waals surface area contributed by atoms with Crippen LogP contribution in [0.5, 0.6) is 5.75 Å². The van der Waals surface area contributed by atoms with Gasteiger partial charge in [-0.2, -0.15) is 4.98 Å². The van der Waals surface area contributed by atoms with Gasteiger partial charge >= 0.3 is 5.97 Å². The fourth-order valence-electron chi connectivity index (χ4n) is 3.22. The Bertz CT molecular complexity index is 894. The monoisotopic (exact) mass is 416 g/mol. The first kappa shape index (κ1) is 21.2. The Morgan fingerprint density at radius 3 is 2.83 bits per heavy atom. The SMILES string of the molecule is CCCCSc1nc2n(n1)C(c1cccc(OCC)c1)C(C(=O)OCC)=C(C)N2. The van der Waals surface area contributed by atoms with E-state index in [1.807, 2.05) is 38.1 Å². The highest BCUT2D eigenvalue weighted by molar-refractivity contribution is 7.99. The molecule has 0 aliphatic carbocycles. The van der Waals surface area contributed by atoms with Crippen molar-refractivity contribution in [2.24, 2.45) is 0 Å². The summed E-state index contributed by atoms with van der Waals surface area (Å²) in [5.74, 6) is 1.98. The molecule has 0 spiro atoms. The quantitative estimate of drug-likeness (QED) is 0.368. The lowest BCUT2D eigenvalue weighted by Gasteiger charge is -2.28. The van der Waals surface area contributed by atoms with Crippen LogP contribution in [-0.4, -0.2) is 39.7 Å². The van der Waals surface area contributed by atoms with Crippen molar-refractivity contribution in [1.29, 1.82) is 0 Å². The average molecular weight is 417 g/mol. The average Bonchev–Trinajstić information content (AvgIpc) is 3.10. The second-order valence-corrected chi connectivity index (χ2v) is 7.72. The highest BCUT2D eigenvalue weighted by Gasteiger charge is 2.35. The zero-order chi connectivity index (χ0) is 20.8. The van der Waals surface area contributed by atoms with Crippen LogP contribution in [0.25, 0.3) is 0 Å². The number of allylic oxidation sites excluding steroid dienone is 1. The molecule has 1 aromatic heterocycles. The zero-order valence-electron chi connectivity index (χ0n) is 17.4. The van der Waals surface area contributed by atoms with Gasteiger partial charge in [-0.1, -0.05) is 37.2 Å². The Hall–Kier alpha value is -2.48. The molecule has 1 aliphatic rings. The van der Waals surface area contributed by atoms with Gasteiger partial charge in [-0.15, -0.1) is 5.10 Å². The van der Waals surface area contributed by atoms with Crippen LogP contribution in [0.2, 0.25) is 0 Å². The third kappa shape index (κ3) is 4.75. The molecule has 1 aromatic carbocycles. The van der Waals surface area contributed by atoms with E-state index in [2.05, 4.69) is 17.2 Å². The van der Waals surface area contributed by atoms with Gasteiger partial charge in [0.2, 0.25) is 11.1 Å². The third-order valence-corrected chi connectivity index (χ3v) is 5.47. The number of fused-ring (bicyclic) bond motifs is 1. The number of ether oxygens (including phenoxy) is 2. The molecule has 29 heavy (non-hydrogen) atoms. The number of benzene rings is 1. The summed E-state index contributed by atoms with van der Waals surface area (Å²) < 4.78 is 12.8. The van der Waals surface area contributed by atoms with E-state index in [0.29, 0.717) is 29.9 Å². The number of nitrogens with one attached hydrogen (secondary N) is 1. The molecule has 0 radical (unpaired) electrons. The van der Waals surface area contributed by atoms with Crippen LogP contribution < -0.4 is 10.1 Å². The van der Waals surface area contributed by atoms with Gasteiger partial charge in [-0.3, -0.25) is 0 Å². The molecule has 7 nitrogen and oxygen atoms in total. The number of esters is 1. The Morgan fingerprint density at radius 2 is 2.10 bits per heavy atom. The van der Waals surface area contributed by atoms with Crippen LogP contribution >= 0.6 is 11.8 Å². The van der Waals surface area contributed by atoms with Gasteiger partial charge < -0.3 is 14.8 Å². The lowest BCUT2D eigenvalue weighted by Crippen LogP contribution is -2.29. The molecule has 0 saturated heterocycles. The van der Waals surface area contributed by atoms with Crippen molar-refractivity contribution in [2.75, 3.05) is 24.3 Å². The molecule has 8 heteroatoms. The molecular formula is C21H28N4O3S. The van der Waals surface area contributed by atoms with Gasteiger partial charge in [0.15, 0.2) is 0 Å². The van der Waals surface area contributed by atoms with Crippen molar-refractivity contribution >= 4 is 23.7 Å². The molecular weight excluding hydrogens is 388 g/mol. The topological polar surface area (TPSA) is 78.3 Å². The Morgan fingerprint density at radius 1 is 1.28 bits per heavy atom. The fourth-order valence-corrected chi connectivity index (χ4v) is 4.14. The molecule has 2 aromatic rings. The number of anilines is 1. The Balaban J connectivity index is 2.04. The minimum atomic E-state index is -0.432. The summed E-state index contributed by atoms with van der Waals surface area (Å²) in [6.07, 6.45) is 2.23. The number of thioether (sulfide) groups is 1. The van der Waals surface area contributed by atoms with E-state index >= 15 is 0 Å². The lowest BCUT2D eigenvalue weighted by atomic mass is 9.95. The first-order valence-corrected chi connectivity index (χ1v) is 11.0. The van der Waals surface area contributed by atoms with Crippen molar-refractivity contribution in [2.45, 2.75) is 51.7 Å². The van der Waals surface area contributed by atoms with Crippen molar-refractivity contribution in [3.8, 4) is 5.75 Å². The second kappa shape index (κ2) is 9.82. The molecule has 156 valence electrons. The van der Waals surface area contributed by atoms with Crippen molar-refractivity contribution in [3.63, 3.8) is 0 Å². The maximum absolute atomic E-state index is 12.8. The van der Waals surface area contributed by atoms with Gasteiger partial charge in [0.05, 0.1) is 18.8 Å². The minimum absolute atomic E-state index is 0.309. The molecule has 1 unspecified atom stereocenters. The molecule has 1 N–H and O–H groups in total. The molecule has 0 saturated carbocycles. The number of hydrogen-bond acceptors (Lipinski definition) is 7. The summed E-state index contributed by atoms with van der Waals surface area (Å²) in [5, 5.41) is 8.63. The second-order valence-electron chi connectivity index (χ2n) is 6.66. The number of carbonyl (C=O) groups is 1. The van der Waals surface area contributed by atoms with Gasteiger partial charge in [0.1, 0.15) is 11.8 Å². The third-order valence-electron chi connectivity index (χ3n) is 4.54. The molecule has 2 heterocycles. The van der Waals surface area contributed by atoms with E-state index < -0.39 is 6.04 Å². The van der Waals surface area contributed by atoms with E-state index in [1.54, 1.807) is 23.4 Å². The molecule has 0 bridgehead atoms. The maximum atomic E-state index is 12.8. The normalized spacial score (nSPS) is 15.7. The molecule has 0 fully saturated rings. The lowest BCUT2D eigenvalue weighted by molar-refractivity contribution is -0.139. The highest BCUT2D eigenvalue weighted by atomic mass is 32.2. The first-order valence-electron chi connectivity index (χ1n) is 10.1. The largest absolute Gasteiger partial charge is 0.494 e. The van der Waals surface area contributed by atoms with Crippen LogP contribution in [0.1, 0.15) is 52.1 Å². The van der Waals surface area contributed by atoms with Gasteiger partial charge in [-0.25, -0.2) is 9.48 Å². The predicted octanol–water partition coefficient (Wildman–Crippen LogP) is 4.42. The van der Waals surface area contributed by atoms with Crippen LogP contribution in [0.3, 0.4) is 0 Å². The van der Waals surface area contributed by atoms with Gasteiger partial charge in [0, 0.05) is 11.4 Å². The summed E-state index contributed by atoms with van der Waals surface area (Å²) in [6.45, 7) is 8.66. The van der Waals surface area contributed by atoms with E-state index in [-0.39, 0.29) is 5.97 Å². The minimum Gasteiger partial charge on any atom is -0.494 e. The highest BCUT2D eigenvalue weighted by Crippen LogP contribution is 2.37. The van der Waals surface area contributed by atoms with Crippen LogP contribution in [0.4, 0.5) is 5.95 Å². The molecule has 1 aliphatic heterocycles. The predicted molar refractivity (Wildman–Crippen MR) is 114 cm³/mol. The number of nitrogens with zero attached hydrogens (tertiary/aromatic N) is 3. The van der Waals surface area contributed by atoms with Crippen molar-refractivity contribution in [3.05, 3.63) is 41.1 Å². The summed E-state index contributed by atoms with van der Waals surface area (Å²) in [7, 11) is 0. The molecule has 0 amide bonds. The summed E-state index contributed by atoms with van der Waals surface area (Å²) in [5.41, 5.74) is 2.15. The zero-order valence-corrected chi connectivity index (χ0v) is 18.2. The Labute approximate surface area is 175 Å². The van der Waals surface area contributed by atoms with Crippen LogP contribution in [0.15, 0.2) is 40.7 Å². The summed E-state index contributed by atoms with van der Waals surface area (Å²) >= 11 is 1.63. The fraction of sp³-hybridized carbons (Fsp3) is 0.476. The molecule has 3 rings (SSSR count). The summed E-state index contributed by atoms with van der Waals surface area (Å²) in [4.78, 5) is 17.4. The number of hydrogen-bond donors (Lipinski definition) is 1. The van der Waals surface area contributed by atoms with E-state index in [1.165, 1.54) is 0 Å². The number of unbranched alkanes of at least 4 members (excludes halogenated alkanes) is 1. The van der Waals surface area contributed by atoms with E-state index in [4.69, 9.17) is 14.6 Å². The molecule has 1 atom stereocenters. The van der Waals surface area contributed by atoms with Crippen molar-refractivity contribution in [1.82, 2.24) is 14.8 Å². The smallest absolute Gasteiger partial charge is 0.338 e. The standard InChI is InChI=1S/C21H28N4O3S/c1-5-8-12-29-21-23-20-22-14(4)17(19(26)28-7-3)18(25(20)24-21)15-10-9-11-16(13-15)27-6-2/h9-11,13,18H,5-8,12H2,1-4H3,(H,22,23,24). The van der Waals surface area contributed by atoms with E-state index in [0.717, 1.165) is 35.6 Å². The number of carbonyl (C=O) groups excluding carboxylic acids is 1. The number of rotatable bonds is 9.